The second kappa shape index (κ2) is 6.66. The van der Waals surface area contributed by atoms with Gasteiger partial charge >= 0.3 is 0 Å². The van der Waals surface area contributed by atoms with E-state index in [1.165, 1.54) is 12.5 Å². The summed E-state index contributed by atoms with van der Waals surface area (Å²) in [6, 6.07) is 8.52. The van der Waals surface area contributed by atoms with E-state index in [0.717, 1.165) is 11.0 Å². The first-order valence-electron chi connectivity index (χ1n) is 5.33. The molecule has 0 fully saturated rings. The van der Waals surface area contributed by atoms with E-state index in [-0.39, 0.29) is 5.91 Å². The van der Waals surface area contributed by atoms with Gasteiger partial charge in [-0.3, -0.25) is 4.79 Å². The number of hydrogen-bond acceptors (Lipinski definition) is 2. The number of benzene rings is 1. The van der Waals surface area contributed by atoms with Gasteiger partial charge in [-0.15, -0.1) is 0 Å². The first-order valence-corrected chi connectivity index (χ1v) is 6.12. The summed E-state index contributed by atoms with van der Waals surface area (Å²) in [4.78, 5) is 10.7. The third kappa shape index (κ3) is 4.77. The monoisotopic (exact) mass is 284 g/mol. The third-order valence-electron chi connectivity index (χ3n) is 2.32. The molecule has 0 saturated heterocycles. The highest BCUT2D eigenvalue weighted by Gasteiger charge is 2.03. The topological polar surface area (TPSA) is 41.1 Å². The first kappa shape index (κ1) is 13.2. The summed E-state index contributed by atoms with van der Waals surface area (Å²) in [6.07, 6.45) is 0. The number of amides is 1. The van der Waals surface area contributed by atoms with Gasteiger partial charge in [-0.25, -0.2) is 0 Å². The van der Waals surface area contributed by atoms with Crippen LogP contribution in [0.25, 0.3) is 0 Å². The maximum atomic E-state index is 10.7. The van der Waals surface area contributed by atoms with Crippen molar-refractivity contribution in [2.24, 2.45) is 0 Å². The minimum atomic E-state index is 0.0121. The largest absolute Gasteiger partial charge is 0.355 e. The molecule has 0 aliphatic heterocycles. The number of carbonyl (C=O) groups is 1. The van der Waals surface area contributed by atoms with Crippen LogP contribution in [0, 0.1) is 0 Å². The van der Waals surface area contributed by atoms with E-state index < -0.39 is 0 Å². The minimum absolute atomic E-state index is 0.0121. The molecular formula is C12H17BrN2O. The van der Waals surface area contributed by atoms with Crippen molar-refractivity contribution in [2.45, 2.75) is 19.9 Å². The van der Waals surface area contributed by atoms with Crippen LogP contribution in [0.5, 0.6) is 0 Å². The van der Waals surface area contributed by atoms with Crippen LogP contribution in [0.3, 0.4) is 0 Å². The zero-order chi connectivity index (χ0) is 12.0. The fourth-order valence-corrected chi connectivity index (χ4v) is 1.66. The smallest absolute Gasteiger partial charge is 0.216 e. The van der Waals surface area contributed by atoms with Gasteiger partial charge in [0.05, 0.1) is 0 Å². The van der Waals surface area contributed by atoms with E-state index in [0.29, 0.717) is 12.6 Å². The lowest BCUT2D eigenvalue weighted by molar-refractivity contribution is -0.118. The summed E-state index contributed by atoms with van der Waals surface area (Å²) in [5, 5.41) is 6.10. The van der Waals surface area contributed by atoms with E-state index in [9.17, 15) is 4.79 Å². The molecule has 2 N–H and O–H groups in total. The Hall–Kier alpha value is -0.870. The van der Waals surface area contributed by atoms with Gasteiger partial charge in [0.15, 0.2) is 0 Å². The first-order chi connectivity index (χ1) is 7.59. The van der Waals surface area contributed by atoms with Gasteiger partial charge in [0, 0.05) is 30.5 Å². The number of halogens is 1. The molecule has 0 spiro atoms. The molecule has 1 rings (SSSR count). The Kier molecular flexibility index (Phi) is 5.49. The maximum absolute atomic E-state index is 10.7. The summed E-state index contributed by atoms with van der Waals surface area (Å²) < 4.78 is 1.08. The zero-order valence-electron chi connectivity index (χ0n) is 9.59. The van der Waals surface area contributed by atoms with Crippen molar-refractivity contribution in [3.05, 3.63) is 34.3 Å². The molecule has 0 aliphatic carbocycles. The number of hydrogen-bond donors (Lipinski definition) is 2. The van der Waals surface area contributed by atoms with Gasteiger partial charge in [0.1, 0.15) is 0 Å². The van der Waals surface area contributed by atoms with Gasteiger partial charge in [-0.1, -0.05) is 28.1 Å². The molecule has 3 nitrogen and oxygen atoms in total. The zero-order valence-corrected chi connectivity index (χ0v) is 11.2. The summed E-state index contributed by atoms with van der Waals surface area (Å²) in [5.74, 6) is 0.0121. The van der Waals surface area contributed by atoms with Gasteiger partial charge in [0.25, 0.3) is 0 Å². The van der Waals surface area contributed by atoms with E-state index >= 15 is 0 Å². The molecule has 0 heterocycles. The summed E-state index contributed by atoms with van der Waals surface area (Å²) >= 11 is 3.41. The van der Waals surface area contributed by atoms with Gasteiger partial charge in [-0.05, 0) is 24.6 Å². The molecule has 0 aromatic heterocycles. The predicted octanol–water partition coefficient (Wildman–Crippen LogP) is 2.24. The molecule has 0 bridgehead atoms. The number of rotatable bonds is 5. The highest BCUT2D eigenvalue weighted by atomic mass is 79.9. The normalized spacial score (nSPS) is 12.2. The molecule has 0 aliphatic rings. The summed E-state index contributed by atoms with van der Waals surface area (Å²) in [7, 11) is 0. The Morgan fingerprint density at radius 2 is 1.94 bits per heavy atom. The van der Waals surface area contributed by atoms with Crippen LogP contribution in [0.15, 0.2) is 28.7 Å². The molecular weight excluding hydrogens is 268 g/mol. The Balaban J connectivity index is 2.32. The summed E-state index contributed by atoms with van der Waals surface area (Å²) in [5.41, 5.74) is 1.24. The van der Waals surface area contributed by atoms with Crippen molar-refractivity contribution >= 4 is 21.8 Å². The Morgan fingerprint density at radius 1 is 1.31 bits per heavy atom. The molecule has 1 aromatic carbocycles. The van der Waals surface area contributed by atoms with Crippen molar-refractivity contribution < 1.29 is 4.79 Å². The fourth-order valence-electron chi connectivity index (χ4n) is 1.40. The van der Waals surface area contributed by atoms with Crippen molar-refractivity contribution in [2.75, 3.05) is 13.1 Å². The number of nitrogens with one attached hydrogen (secondary N) is 2. The van der Waals surface area contributed by atoms with Crippen molar-refractivity contribution in [1.29, 1.82) is 0 Å². The fraction of sp³-hybridized carbons (Fsp3) is 0.417. The molecule has 0 saturated carbocycles. The van der Waals surface area contributed by atoms with Gasteiger partial charge in [0.2, 0.25) is 5.91 Å². The molecule has 88 valence electrons. The quantitative estimate of drug-likeness (QED) is 0.815. The third-order valence-corrected chi connectivity index (χ3v) is 2.85. The lowest BCUT2D eigenvalue weighted by atomic mass is 10.1. The lowest BCUT2D eigenvalue weighted by Crippen LogP contribution is -2.31. The van der Waals surface area contributed by atoms with Crippen LogP contribution >= 0.6 is 15.9 Å². The Morgan fingerprint density at radius 3 is 2.50 bits per heavy atom. The van der Waals surface area contributed by atoms with Crippen LogP contribution < -0.4 is 10.6 Å². The molecule has 1 aromatic rings. The highest BCUT2D eigenvalue weighted by molar-refractivity contribution is 9.10. The molecule has 0 radical (unpaired) electrons. The van der Waals surface area contributed by atoms with E-state index in [1.54, 1.807) is 0 Å². The molecule has 1 atom stereocenters. The number of carbonyl (C=O) groups excluding carboxylic acids is 1. The molecule has 0 unspecified atom stereocenters. The van der Waals surface area contributed by atoms with Crippen molar-refractivity contribution in [1.82, 2.24) is 10.6 Å². The highest BCUT2D eigenvalue weighted by Crippen LogP contribution is 2.15. The van der Waals surface area contributed by atoms with Gasteiger partial charge in [-0.2, -0.15) is 0 Å². The Bertz CT molecular complexity index is 337. The average molecular weight is 285 g/mol. The SMILES string of the molecule is CC(=O)NCCN[C@H](C)c1ccc(Br)cc1. The second-order valence-electron chi connectivity index (χ2n) is 3.71. The van der Waals surface area contributed by atoms with Crippen LogP contribution in [-0.4, -0.2) is 19.0 Å². The molecule has 16 heavy (non-hydrogen) atoms. The summed E-state index contributed by atoms with van der Waals surface area (Å²) in [6.45, 7) is 5.07. The van der Waals surface area contributed by atoms with Crippen molar-refractivity contribution in [3.8, 4) is 0 Å². The van der Waals surface area contributed by atoms with Crippen LogP contribution in [-0.2, 0) is 4.79 Å². The van der Waals surface area contributed by atoms with E-state index in [1.807, 2.05) is 12.1 Å². The standard InChI is InChI=1S/C12H17BrN2O/c1-9(14-7-8-15-10(2)16)11-3-5-12(13)6-4-11/h3-6,9,14H,7-8H2,1-2H3,(H,15,16)/t9-/m1/s1. The predicted molar refractivity (Wildman–Crippen MR) is 69.2 cm³/mol. The lowest BCUT2D eigenvalue weighted by Gasteiger charge is -2.14. The Labute approximate surface area is 105 Å². The van der Waals surface area contributed by atoms with Crippen molar-refractivity contribution in [3.63, 3.8) is 0 Å². The maximum Gasteiger partial charge on any atom is 0.216 e. The second-order valence-corrected chi connectivity index (χ2v) is 4.63. The minimum Gasteiger partial charge on any atom is -0.355 e. The van der Waals surface area contributed by atoms with Gasteiger partial charge < -0.3 is 10.6 Å². The van der Waals surface area contributed by atoms with Crippen LogP contribution in [0.4, 0.5) is 0 Å². The van der Waals surface area contributed by atoms with Crippen LogP contribution in [0.2, 0.25) is 0 Å². The van der Waals surface area contributed by atoms with Crippen LogP contribution in [0.1, 0.15) is 25.5 Å². The average Bonchev–Trinajstić information content (AvgIpc) is 2.25. The molecule has 1 amide bonds. The van der Waals surface area contributed by atoms with E-state index in [4.69, 9.17) is 0 Å². The molecule has 4 heteroatoms. The van der Waals surface area contributed by atoms with E-state index in [2.05, 4.69) is 45.6 Å².